The molecule has 0 saturated carbocycles. The molecule has 2 rings (SSSR count). The van der Waals surface area contributed by atoms with Crippen molar-refractivity contribution in [1.82, 2.24) is 0 Å². The first-order valence-corrected chi connectivity index (χ1v) is 5.46. The van der Waals surface area contributed by atoms with Crippen LogP contribution in [-0.4, -0.2) is 7.85 Å². The molecule has 0 aliphatic rings. The van der Waals surface area contributed by atoms with Crippen LogP contribution in [0.4, 0.5) is 8.78 Å². The lowest BCUT2D eigenvalue weighted by Gasteiger charge is -2.07. The molecule has 0 heterocycles. The minimum atomic E-state index is -0.984. The minimum Gasteiger partial charge on any atom is -0.204 e. The van der Waals surface area contributed by atoms with Gasteiger partial charge < -0.3 is 0 Å². The number of aryl methyl sites for hydroxylation is 1. The molecule has 0 amide bonds. The Morgan fingerprint density at radius 2 is 1.59 bits per heavy atom. The molecule has 2 aromatic carbocycles. The van der Waals surface area contributed by atoms with Crippen LogP contribution in [-0.2, 0) is 6.42 Å². The summed E-state index contributed by atoms with van der Waals surface area (Å²) < 4.78 is 27.0. The zero-order valence-corrected chi connectivity index (χ0v) is 9.50. The zero-order valence-electron chi connectivity index (χ0n) is 9.50. The molecule has 0 aliphatic carbocycles. The summed E-state index contributed by atoms with van der Waals surface area (Å²) in [4.78, 5) is 0. The van der Waals surface area contributed by atoms with Gasteiger partial charge in [-0.2, -0.15) is 0 Å². The van der Waals surface area contributed by atoms with Crippen molar-refractivity contribution in [2.75, 3.05) is 0 Å². The summed E-state index contributed by atoms with van der Waals surface area (Å²) in [6.07, 6.45) is 0.916. The van der Waals surface area contributed by atoms with Crippen LogP contribution in [0.1, 0.15) is 12.5 Å². The van der Waals surface area contributed by atoms with Crippen LogP contribution in [0.5, 0.6) is 0 Å². The fourth-order valence-corrected chi connectivity index (χ4v) is 1.71. The van der Waals surface area contributed by atoms with Gasteiger partial charge in [0.25, 0.3) is 0 Å². The second-order valence-electron chi connectivity index (χ2n) is 3.88. The second-order valence-corrected chi connectivity index (χ2v) is 3.88. The standard InChI is InChI=1S/C14H11BF2/c1-2-9-3-5-10(6-4-9)11-7-8-12(15)14(17)13(11)16/h3-8H,2H2,1H3. The molecule has 0 bridgehead atoms. The molecule has 0 saturated heterocycles. The first-order chi connectivity index (χ1) is 8.13. The Balaban J connectivity index is 2.49. The highest BCUT2D eigenvalue weighted by molar-refractivity contribution is 6.32. The van der Waals surface area contributed by atoms with Gasteiger partial charge in [0.2, 0.25) is 0 Å². The van der Waals surface area contributed by atoms with E-state index in [1.807, 2.05) is 19.1 Å². The van der Waals surface area contributed by atoms with Gasteiger partial charge in [0.05, 0.1) is 0 Å². The molecule has 17 heavy (non-hydrogen) atoms. The fraction of sp³-hybridized carbons (Fsp3) is 0.143. The normalized spacial score (nSPS) is 10.5. The van der Waals surface area contributed by atoms with Crippen molar-refractivity contribution in [2.45, 2.75) is 13.3 Å². The van der Waals surface area contributed by atoms with Crippen molar-refractivity contribution in [3.63, 3.8) is 0 Å². The van der Waals surface area contributed by atoms with Crippen molar-refractivity contribution in [2.24, 2.45) is 0 Å². The Labute approximate surface area is 101 Å². The maximum absolute atomic E-state index is 13.7. The van der Waals surface area contributed by atoms with E-state index in [4.69, 9.17) is 7.85 Å². The lowest BCUT2D eigenvalue weighted by Crippen LogP contribution is -2.11. The largest absolute Gasteiger partial charge is 0.204 e. The van der Waals surface area contributed by atoms with Crippen molar-refractivity contribution in [1.29, 1.82) is 0 Å². The molecule has 0 aliphatic heterocycles. The van der Waals surface area contributed by atoms with E-state index < -0.39 is 11.6 Å². The maximum atomic E-state index is 13.7. The Morgan fingerprint density at radius 1 is 0.941 bits per heavy atom. The maximum Gasteiger partial charge on any atom is 0.166 e. The molecule has 0 N–H and O–H groups in total. The van der Waals surface area contributed by atoms with E-state index in [0.717, 1.165) is 12.0 Å². The summed E-state index contributed by atoms with van der Waals surface area (Å²) >= 11 is 0. The van der Waals surface area contributed by atoms with E-state index in [9.17, 15) is 8.78 Å². The van der Waals surface area contributed by atoms with Crippen LogP contribution in [0.25, 0.3) is 11.1 Å². The van der Waals surface area contributed by atoms with Gasteiger partial charge in [-0.25, -0.2) is 8.78 Å². The molecule has 0 atom stereocenters. The average Bonchev–Trinajstić information content (AvgIpc) is 2.36. The molecule has 2 radical (unpaired) electrons. The Hall–Kier alpha value is -1.64. The Morgan fingerprint density at radius 3 is 2.18 bits per heavy atom. The average molecular weight is 228 g/mol. The molecule has 84 valence electrons. The summed E-state index contributed by atoms with van der Waals surface area (Å²) in [7, 11) is 5.30. The topological polar surface area (TPSA) is 0 Å². The third-order valence-corrected chi connectivity index (χ3v) is 2.79. The van der Waals surface area contributed by atoms with Gasteiger partial charge in [0.1, 0.15) is 7.85 Å². The van der Waals surface area contributed by atoms with E-state index in [1.54, 1.807) is 12.1 Å². The van der Waals surface area contributed by atoms with Gasteiger partial charge >= 0.3 is 0 Å². The Kier molecular flexibility index (Phi) is 3.27. The van der Waals surface area contributed by atoms with Crippen molar-refractivity contribution < 1.29 is 8.78 Å². The van der Waals surface area contributed by atoms with Gasteiger partial charge in [0, 0.05) is 5.56 Å². The number of hydrogen-bond donors (Lipinski definition) is 0. The monoisotopic (exact) mass is 228 g/mol. The van der Waals surface area contributed by atoms with Gasteiger partial charge in [-0.3, -0.25) is 0 Å². The zero-order chi connectivity index (χ0) is 12.4. The fourth-order valence-electron chi connectivity index (χ4n) is 1.71. The second kappa shape index (κ2) is 4.70. The van der Waals surface area contributed by atoms with Crippen molar-refractivity contribution in [3.05, 3.63) is 53.6 Å². The molecule has 0 spiro atoms. The van der Waals surface area contributed by atoms with Crippen LogP contribution in [0.15, 0.2) is 36.4 Å². The lowest BCUT2D eigenvalue weighted by atomic mass is 9.92. The summed E-state index contributed by atoms with van der Waals surface area (Å²) in [6.45, 7) is 2.04. The highest BCUT2D eigenvalue weighted by Crippen LogP contribution is 2.23. The van der Waals surface area contributed by atoms with Crippen LogP contribution < -0.4 is 5.46 Å². The van der Waals surface area contributed by atoms with Crippen LogP contribution in [0.3, 0.4) is 0 Å². The van der Waals surface area contributed by atoms with Gasteiger partial charge in [0.15, 0.2) is 11.6 Å². The molecule has 0 nitrogen and oxygen atoms in total. The number of hydrogen-bond acceptors (Lipinski definition) is 0. The first-order valence-electron chi connectivity index (χ1n) is 5.46. The quantitative estimate of drug-likeness (QED) is 0.693. The highest BCUT2D eigenvalue weighted by atomic mass is 19.2. The summed E-state index contributed by atoms with van der Waals surface area (Å²) in [6, 6.07) is 10.3. The predicted molar refractivity (Wildman–Crippen MR) is 66.6 cm³/mol. The SMILES string of the molecule is [B]c1ccc(-c2ccc(CC)cc2)c(F)c1F. The van der Waals surface area contributed by atoms with Crippen LogP contribution in [0.2, 0.25) is 0 Å². The third kappa shape index (κ3) is 2.23. The molecule has 3 heteroatoms. The smallest absolute Gasteiger partial charge is 0.166 e. The number of rotatable bonds is 2. The Bertz CT molecular complexity index is 533. The van der Waals surface area contributed by atoms with Crippen LogP contribution >= 0.6 is 0 Å². The third-order valence-electron chi connectivity index (χ3n) is 2.79. The molecule has 0 fully saturated rings. The van der Waals surface area contributed by atoms with Gasteiger partial charge in [-0.05, 0) is 17.5 Å². The van der Waals surface area contributed by atoms with Crippen LogP contribution in [0, 0.1) is 11.6 Å². The summed E-state index contributed by atoms with van der Waals surface area (Å²) in [5.74, 6) is -1.88. The number of benzene rings is 2. The van der Waals surface area contributed by atoms with Crippen molar-refractivity contribution >= 4 is 13.3 Å². The van der Waals surface area contributed by atoms with Gasteiger partial charge in [-0.15, -0.1) is 0 Å². The van der Waals surface area contributed by atoms with E-state index in [2.05, 4.69) is 0 Å². The minimum absolute atomic E-state index is 0.170. The molecule has 0 unspecified atom stereocenters. The molecular formula is C14H11BF2. The van der Waals surface area contributed by atoms with E-state index in [-0.39, 0.29) is 11.0 Å². The first kappa shape index (κ1) is 11.8. The van der Waals surface area contributed by atoms with Crippen molar-refractivity contribution in [3.8, 4) is 11.1 Å². The van der Waals surface area contributed by atoms with E-state index >= 15 is 0 Å². The lowest BCUT2D eigenvalue weighted by molar-refractivity contribution is 0.517. The van der Waals surface area contributed by atoms with Gasteiger partial charge in [-0.1, -0.05) is 48.8 Å². The number of halogens is 2. The highest BCUT2D eigenvalue weighted by Gasteiger charge is 2.11. The predicted octanol–water partition coefficient (Wildman–Crippen LogP) is 2.99. The summed E-state index contributed by atoms with van der Waals surface area (Å²) in [5.41, 5.74) is 1.87. The molecule has 0 aromatic heterocycles. The molecular weight excluding hydrogens is 217 g/mol. The molecule has 2 aromatic rings. The van der Waals surface area contributed by atoms with E-state index in [0.29, 0.717) is 5.56 Å². The summed E-state index contributed by atoms with van der Waals surface area (Å²) in [5, 5.41) is 0. The van der Waals surface area contributed by atoms with E-state index in [1.165, 1.54) is 12.1 Å².